The van der Waals surface area contributed by atoms with E-state index in [9.17, 15) is 14.6 Å². The molecule has 2 unspecified atom stereocenters. The van der Waals surface area contributed by atoms with Crippen LogP contribution in [0, 0.1) is 0 Å². The van der Waals surface area contributed by atoms with Crippen molar-refractivity contribution < 1.29 is 19.7 Å². The minimum atomic E-state index is -3.69. The summed E-state index contributed by atoms with van der Waals surface area (Å²) >= 11 is 0. The third-order valence-corrected chi connectivity index (χ3v) is 4.29. The molecular weight excluding hydrogens is 181 g/mol. The van der Waals surface area contributed by atoms with Crippen molar-refractivity contribution in [2.24, 2.45) is 5.73 Å². The second kappa shape index (κ2) is 4.35. The van der Waals surface area contributed by atoms with E-state index in [1.807, 2.05) is 0 Å². The highest BCUT2D eigenvalue weighted by Crippen LogP contribution is 2.52. The summed E-state index contributed by atoms with van der Waals surface area (Å²) in [7, 11) is -3.69. The lowest BCUT2D eigenvalue weighted by Crippen LogP contribution is -2.30. The summed E-state index contributed by atoms with van der Waals surface area (Å²) in [5.41, 5.74) is 5.14. The highest BCUT2D eigenvalue weighted by Gasteiger charge is 2.39. The van der Waals surface area contributed by atoms with Crippen molar-refractivity contribution in [3.63, 3.8) is 0 Å². The van der Waals surface area contributed by atoms with Gasteiger partial charge in [-0.25, -0.2) is 0 Å². The van der Waals surface area contributed by atoms with Gasteiger partial charge in [0.25, 0.3) is 0 Å². The molecule has 0 fully saturated rings. The van der Waals surface area contributed by atoms with E-state index in [1.165, 1.54) is 0 Å². The minimum Gasteiger partial charge on any atom is -0.393 e. The van der Waals surface area contributed by atoms with Gasteiger partial charge in [-0.05, 0) is 19.9 Å². The number of nitrogens with two attached hydrogens (primary N) is 1. The average Bonchev–Trinajstić information content (AvgIpc) is 2.00. The SMILES string of the molecule is CC(O)(CO)P(=O)(O)CCCN. The van der Waals surface area contributed by atoms with Gasteiger partial charge < -0.3 is 20.8 Å². The second-order valence-electron chi connectivity index (χ2n) is 2.94. The zero-order valence-corrected chi connectivity index (χ0v) is 8.00. The molecule has 0 radical (unpaired) electrons. The van der Waals surface area contributed by atoms with Crippen molar-refractivity contribution in [3.05, 3.63) is 0 Å². The minimum absolute atomic E-state index is 0.0585. The van der Waals surface area contributed by atoms with Crippen molar-refractivity contribution in [3.8, 4) is 0 Å². The third-order valence-electron chi connectivity index (χ3n) is 1.72. The van der Waals surface area contributed by atoms with Crippen LogP contribution in [0.4, 0.5) is 0 Å². The molecule has 0 aromatic heterocycles. The van der Waals surface area contributed by atoms with Gasteiger partial charge in [-0.2, -0.15) is 0 Å². The molecule has 0 aliphatic heterocycles. The summed E-state index contributed by atoms with van der Waals surface area (Å²) in [6.07, 6.45) is 0.307. The molecule has 5 nitrogen and oxygen atoms in total. The topological polar surface area (TPSA) is 104 Å². The normalized spacial score (nSPS) is 21.4. The molecule has 2 atom stereocenters. The molecule has 0 heterocycles. The van der Waals surface area contributed by atoms with E-state index >= 15 is 0 Å². The monoisotopic (exact) mass is 197 g/mol. The van der Waals surface area contributed by atoms with E-state index in [2.05, 4.69) is 0 Å². The van der Waals surface area contributed by atoms with Gasteiger partial charge in [0, 0.05) is 6.16 Å². The first-order valence-corrected chi connectivity index (χ1v) is 5.57. The lowest BCUT2D eigenvalue weighted by Gasteiger charge is -2.26. The first-order valence-electron chi connectivity index (χ1n) is 3.72. The summed E-state index contributed by atoms with van der Waals surface area (Å²) in [6.45, 7) is 0.724. The zero-order valence-electron chi connectivity index (χ0n) is 7.10. The number of aliphatic hydroxyl groups excluding tert-OH is 1. The van der Waals surface area contributed by atoms with Crippen molar-refractivity contribution in [1.82, 2.24) is 0 Å². The Labute approximate surface area is 71.7 Å². The number of hydrogen-bond acceptors (Lipinski definition) is 4. The lowest BCUT2D eigenvalue weighted by atomic mass is 10.4. The summed E-state index contributed by atoms with van der Waals surface area (Å²) in [4.78, 5) is 9.26. The van der Waals surface area contributed by atoms with Crippen LogP contribution in [0.3, 0.4) is 0 Å². The molecule has 0 amide bonds. The summed E-state index contributed by atoms with van der Waals surface area (Å²) < 4.78 is 11.3. The van der Waals surface area contributed by atoms with Gasteiger partial charge in [0.05, 0.1) is 6.61 Å². The van der Waals surface area contributed by atoms with Gasteiger partial charge in [-0.15, -0.1) is 0 Å². The molecule has 0 rings (SSSR count). The molecule has 0 aromatic rings. The molecule has 0 saturated carbocycles. The molecule has 74 valence electrons. The van der Waals surface area contributed by atoms with E-state index < -0.39 is 19.3 Å². The van der Waals surface area contributed by atoms with Crippen LogP contribution in [-0.2, 0) is 4.57 Å². The molecule has 0 saturated heterocycles. The zero-order chi connectivity index (χ0) is 9.83. The maximum atomic E-state index is 11.3. The van der Waals surface area contributed by atoms with Crippen molar-refractivity contribution in [1.29, 1.82) is 0 Å². The highest BCUT2D eigenvalue weighted by atomic mass is 31.2. The lowest BCUT2D eigenvalue weighted by molar-refractivity contribution is 0.0599. The maximum Gasteiger partial charge on any atom is 0.233 e. The predicted molar refractivity (Wildman–Crippen MR) is 46.1 cm³/mol. The third kappa shape index (κ3) is 2.84. The Morgan fingerprint density at radius 3 is 2.42 bits per heavy atom. The van der Waals surface area contributed by atoms with Crippen molar-refractivity contribution in [2.75, 3.05) is 19.3 Å². The maximum absolute atomic E-state index is 11.3. The van der Waals surface area contributed by atoms with Gasteiger partial charge >= 0.3 is 0 Å². The van der Waals surface area contributed by atoms with Gasteiger partial charge in [0.2, 0.25) is 7.37 Å². The van der Waals surface area contributed by atoms with Crippen LogP contribution < -0.4 is 5.73 Å². The molecular formula is C6H16NO4P. The Bertz CT molecular complexity index is 182. The molecule has 6 heteroatoms. The Kier molecular flexibility index (Phi) is 4.37. The molecule has 12 heavy (non-hydrogen) atoms. The first kappa shape index (κ1) is 12.1. The van der Waals surface area contributed by atoms with Gasteiger partial charge in [-0.3, -0.25) is 4.57 Å². The highest BCUT2D eigenvalue weighted by molar-refractivity contribution is 7.59. The number of rotatable bonds is 5. The van der Waals surface area contributed by atoms with Gasteiger partial charge in [0.15, 0.2) is 5.34 Å². The quantitative estimate of drug-likeness (QED) is 0.436. The van der Waals surface area contributed by atoms with Crippen LogP contribution in [0.5, 0.6) is 0 Å². The van der Waals surface area contributed by atoms with Crippen LogP contribution in [0.2, 0.25) is 0 Å². The van der Waals surface area contributed by atoms with Crippen molar-refractivity contribution >= 4 is 7.37 Å². The molecule has 0 aromatic carbocycles. The fourth-order valence-corrected chi connectivity index (χ4v) is 1.97. The molecule has 0 aliphatic rings. The summed E-state index contributed by atoms with van der Waals surface area (Å²) in [6, 6.07) is 0. The van der Waals surface area contributed by atoms with Crippen LogP contribution in [-0.4, -0.2) is 39.8 Å². The van der Waals surface area contributed by atoms with E-state index in [-0.39, 0.29) is 6.16 Å². The summed E-state index contributed by atoms with van der Waals surface area (Å²) in [5.74, 6) is 0. The van der Waals surface area contributed by atoms with E-state index in [0.29, 0.717) is 13.0 Å². The Morgan fingerprint density at radius 1 is 1.58 bits per heavy atom. The van der Waals surface area contributed by atoms with Crippen molar-refractivity contribution in [2.45, 2.75) is 18.7 Å². The Hall–Kier alpha value is 0.0700. The molecule has 0 aliphatic carbocycles. The number of hydrogen-bond donors (Lipinski definition) is 4. The van der Waals surface area contributed by atoms with E-state index in [0.717, 1.165) is 6.92 Å². The largest absolute Gasteiger partial charge is 0.393 e. The van der Waals surface area contributed by atoms with E-state index in [1.54, 1.807) is 0 Å². The predicted octanol–water partition coefficient (Wildman–Crippen LogP) is -0.694. The fourth-order valence-electron chi connectivity index (χ4n) is 0.657. The smallest absolute Gasteiger partial charge is 0.233 e. The first-order chi connectivity index (χ1) is 5.37. The Balaban J connectivity index is 4.28. The van der Waals surface area contributed by atoms with Gasteiger partial charge in [-0.1, -0.05) is 0 Å². The Morgan fingerprint density at radius 2 is 2.08 bits per heavy atom. The van der Waals surface area contributed by atoms with Crippen LogP contribution >= 0.6 is 7.37 Å². The van der Waals surface area contributed by atoms with Gasteiger partial charge in [0.1, 0.15) is 0 Å². The van der Waals surface area contributed by atoms with E-state index in [4.69, 9.17) is 10.8 Å². The standard InChI is InChI=1S/C6H16NO4P/c1-6(9,5-8)12(10,11)4-2-3-7/h8-9H,2-5,7H2,1H3,(H,10,11). The summed E-state index contributed by atoms with van der Waals surface area (Å²) in [5, 5.41) is 16.0. The molecule has 5 N–H and O–H groups in total. The van der Waals surface area contributed by atoms with Crippen LogP contribution in [0.15, 0.2) is 0 Å². The van der Waals surface area contributed by atoms with Crippen LogP contribution in [0.1, 0.15) is 13.3 Å². The second-order valence-corrected chi connectivity index (χ2v) is 5.76. The fraction of sp³-hybridized carbons (Fsp3) is 1.00. The average molecular weight is 197 g/mol. The van der Waals surface area contributed by atoms with Crippen LogP contribution in [0.25, 0.3) is 0 Å². The molecule has 0 spiro atoms. The molecule has 0 bridgehead atoms. The number of aliphatic hydroxyl groups is 2.